The van der Waals surface area contributed by atoms with E-state index in [1.54, 1.807) is 29.2 Å². The Morgan fingerprint density at radius 2 is 1.27 bits per heavy atom. The molecule has 2 aromatic rings. The molecule has 0 radical (unpaired) electrons. The minimum atomic E-state index is -0.765. The molecule has 1 fully saturated rings. The van der Waals surface area contributed by atoms with Crippen LogP contribution < -0.4 is 9.88 Å². The zero-order valence-corrected chi connectivity index (χ0v) is 32.2. The largest absolute Gasteiger partial charge is 0.447 e. The van der Waals surface area contributed by atoms with E-state index in [1.165, 1.54) is 96.8 Å². The fourth-order valence-electron chi connectivity index (χ4n) is 6.82. The molecule has 52 heavy (non-hydrogen) atoms. The number of rotatable bonds is 25. The number of aryl methyl sites for hydroxylation is 1. The van der Waals surface area contributed by atoms with Gasteiger partial charge in [0.2, 0.25) is 11.6 Å². The van der Waals surface area contributed by atoms with Crippen molar-refractivity contribution in [2.24, 2.45) is 0 Å². The number of pyridine rings is 1. The maximum absolute atomic E-state index is 13.5. The number of unbranched alkanes of at least 4 members (excludes halogenated alkanes) is 15. The first-order valence-electron chi connectivity index (χ1n) is 20.1. The Labute approximate surface area is 312 Å². The molecule has 0 saturated carbocycles. The molecule has 2 heterocycles. The lowest BCUT2D eigenvalue weighted by atomic mass is 9.92. The van der Waals surface area contributed by atoms with Crippen LogP contribution in [0, 0.1) is 0 Å². The van der Waals surface area contributed by atoms with Crippen molar-refractivity contribution in [3.63, 3.8) is 0 Å². The van der Waals surface area contributed by atoms with E-state index in [4.69, 9.17) is 9.47 Å². The Morgan fingerprint density at radius 1 is 0.731 bits per heavy atom. The molecule has 2 unspecified atom stereocenters. The van der Waals surface area contributed by atoms with Crippen LogP contribution >= 0.6 is 0 Å². The van der Waals surface area contributed by atoms with Crippen molar-refractivity contribution in [2.45, 2.75) is 155 Å². The minimum absolute atomic E-state index is 0.0401. The molecule has 3 rings (SSSR count). The summed E-state index contributed by atoms with van der Waals surface area (Å²) in [6, 6.07) is 13.7. The highest BCUT2D eigenvalue weighted by molar-refractivity contribution is 5.95. The lowest BCUT2D eigenvalue weighted by Gasteiger charge is -2.47. The number of amides is 4. The van der Waals surface area contributed by atoms with Crippen LogP contribution in [0.25, 0.3) is 0 Å². The fourth-order valence-corrected chi connectivity index (χ4v) is 6.82. The number of benzene rings is 1. The van der Waals surface area contributed by atoms with E-state index in [9.17, 15) is 19.2 Å². The molecule has 4 amide bonds. The van der Waals surface area contributed by atoms with Gasteiger partial charge in [-0.1, -0.05) is 128 Å². The molecule has 1 saturated heterocycles. The predicted molar refractivity (Wildman–Crippen MR) is 204 cm³/mol. The number of likely N-dealkylation sites (tertiary alicyclic amines) is 1. The average Bonchev–Trinajstić information content (AvgIpc) is 3.14. The van der Waals surface area contributed by atoms with Crippen molar-refractivity contribution < 1.29 is 33.2 Å². The Kier molecular flexibility index (Phi) is 20.5. The van der Waals surface area contributed by atoms with Crippen LogP contribution in [-0.4, -0.2) is 65.6 Å². The van der Waals surface area contributed by atoms with Gasteiger partial charge in [0.15, 0.2) is 6.20 Å². The number of hydrogen-bond donors (Lipinski definition) is 1. The molecule has 1 aromatic heterocycles. The summed E-state index contributed by atoms with van der Waals surface area (Å²) in [6.07, 6.45) is 21.9. The lowest BCUT2D eigenvalue weighted by molar-refractivity contribution is -0.701. The van der Waals surface area contributed by atoms with Gasteiger partial charge < -0.3 is 19.7 Å². The van der Waals surface area contributed by atoms with E-state index in [0.717, 1.165) is 23.4 Å². The zero-order chi connectivity index (χ0) is 37.4. The highest BCUT2D eigenvalue weighted by atomic mass is 16.6. The van der Waals surface area contributed by atoms with Crippen molar-refractivity contribution in [2.75, 3.05) is 19.8 Å². The second kappa shape index (κ2) is 25.1. The summed E-state index contributed by atoms with van der Waals surface area (Å²) in [5.74, 6) is -0.661. The maximum atomic E-state index is 13.5. The first-order chi connectivity index (χ1) is 25.3. The predicted octanol–water partition coefficient (Wildman–Crippen LogP) is 8.75. The molecule has 2 atom stereocenters. The number of hydrogen-bond acceptors (Lipinski definition) is 6. The van der Waals surface area contributed by atoms with Gasteiger partial charge >= 0.3 is 12.2 Å². The van der Waals surface area contributed by atoms with Gasteiger partial charge in [-0.2, -0.15) is 0 Å². The van der Waals surface area contributed by atoms with E-state index in [0.29, 0.717) is 25.1 Å². The molecule has 0 spiro atoms. The Bertz CT molecular complexity index is 1340. The Balaban J connectivity index is 1.33. The average molecular weight is 722 g/mol. The van der Waals surface area contributed by atoms with E-state index < -0.39 is 24.1 Å². The number of alkyl carbamates (subject to hydrolysis) is 1. The number of aromatic nitrogens is 1. The van der Waals surface area contributed by atoms with Crippen LogP contribution in [-0.2, 0) is 27.4 Å². The highest BCUT2D eigenvalue weighted by Crippen LogP contribution is 2.29. The number of carbonyl (C=O) groups excluding carboxylic acids is 4. The van der Waals surface area contributed by atoms with Gasteiger partial charge in [0.25, 0.3) is 5.91 Å². The van der Waals surface area contributed by atoms with Crippen molar-refractivity contribution in [1.82, 2.24) is 15.1 Å². The van der Waals surface area contributed by atoms with Crippen LogP contribution in [0.4, 0.5) is 9.59 Å². The van der Waals surface area contributed by atoms with Gasteiger partial charge in [-0.3, -0.25) is 9.59 Å². The summed E-state index contributed by atoms with van der Waals surface area (Å²) in [4.78, 5) is 54.1. The molecule has 0 bridgehead atoms. The molecule has 1 N–H and O–H groups in total. The second-order valence-corrected chi connectivity index (χ2v) is 14.1. The zero-order valence-electron chi connectivity index (χ0n) is 32.2. The summed E-state index contributed by atoms with van der Waals surface area (Å²) in [5, 5.41) is 2.84. The molecule has 10 heteroatoms. The quantitative estimate of drug-likeness (QED) is 0.0812. The lowest BCUT2D eigenvalue weighted by Crippen LogP contribution is -2.62. The molecule has 1 aliphatic rings. The monoisotopic (exact) mass is 721 g/mol. The summed E-state index contributed by atoms with van der Waals surface area (Å²) < 4.78 is 13.1. The molecule has 10 nitrogen and oxygen atoms in total. The first-order valence-corrected chi connectivity index (χ1v) is 20.1. The van der Waals surface area contributed by atoms with Crippen LogP contribution in [0.15, 0.2) is 54.7 Å². The Hall–Kier alpha value is -3.95. The SMILES string of the molecule is CCCCCCCCCCCCCCCCCCNC(=O)OCC1CC(COC(=O)N(Cc2cccc[n+]2CC)C(C)=O)N1C(=O)c1ccccc1. The highest BCUT2D eigenvalue weighted by Gasteiger charge is 2.43. The van der Waals surface area contributed by atoms with Crippen LogP contribution in [0.1, 0.15) is 146 Å². The third kappa shape index (κ3) is 15.3. The molecular weight excluding hydrogens is 656 g/mol. The summed E-state index contributed by atoms with van der Waals surface area (Å²) >= 11 is 0. The smallest absolute Gasteiger partial charge is 0.417 e. The summed E-state index contributed by atoms with van der Waals surface area (Å²) in [6.45, 7) is 6.87. The van der Waals surface area contributed by atoms with Gasteiger partial charge in [-0.15, -0.1) is 0 Å². The van der Waals surface area contributed by atoms with Crippen LogP contribution in [0.2, 0.25) is 0 Å². The van der Waals surface area contributed by atoms with E-state index in [1.807, 2.05) is 42.0 Å². The topological polar surface area (TPSA) is 109 Å². The van der Waals surface area contributed by atoms with Crippen molar-refractivity contribution >= 4 is 24.0 Å². The van der Waals surface area contributed by atoms with Gasteiger partial charge in [-0.25, -0.2) is 19.1 Å². The van der Waals surface area contributed by atoms with Gasteiger partial charge in [-0.05, 0) is 31.9 Å². The molecule has 0 aliphatic carbocycles. The number of carbonyl (C=O) groups is 4. The van der Waals surface area contributed by atoms with Crippen molar-refractivity contribution in [1.29, 1.82) is 0 Å². The van der Waals surface area contributed by atoms with E-state index in [2.05, 4.69) is 12.2 Å². The minimum Gasteiger partial charge on any atom is -0.447 e. The number of imide groups is 1. The van der Waals surface area contributed by atoms with Crippen molar-refractivity contribution in [3.8, 4) is 0 Å². The normalized spacial score (nSPS) is 15.1. The number of nitrogens with one attached hydrogen (secondary N) is 1. The summed E-state index contributed by atoms with van der Waals surface area (Å²) in [5.41, 5.74) is 1.29. The fraction of sp³-hybridized carbons (Fsp3) is 0.643. The standard InChI is InChI=1S/C42H64N4O6/c1-4-6-7-8-9-10-11-12-13-14-15-16-17-18-19-24-29-43-41(49)51-33-38-31-39(46(38)40(48)36-26-21-20-22-27-36)34-52-42(50)45(35(3)47)32-37-28-23-25-30-44(37)5-2/h20-23,25-28,30,38-39H,4-19,24,29,31-34H2,1-3H3/p+1. The second-order valence-electron chi connectivity index (χ2n) is 14.1. The van der Waals surface area contributed by atoms with Crippen LogP contribution in [0.3, 0.4) is 0 Å². The third-order valence-electron chi connectivity index (χ3n) is 9.99. The third-order valence-corrected chi connectivity index (χ3v) is 9.99. The van der Waals surface area contributed by atoms with Crippen LogP contribution in [0.5, 0.6) is 0 Å². The van der Waals surface area contributed by atoms with E-state index >= 15 is 0 Å². The Morgan fingerprint density at radius 3 is 1.83 bits per heavy atom. The molecule has 1 aliphatic heterocycles. The number of ether oxygens (including phenoxy) is 2. The number of nitrogens with zero attached hydrogens (tertiary/aromatic N) is 3. The summed E-state index contributed by atoms with van der Waals surface area (Å²) in [7, 11) is 0. The maximum Gasteiger partial charge on any atom is 0.417 e. The molecule has 1 aromatic carbocycles. The van der Waals surface area contributed by atoms with Crippen molar-refractivity contribution in [3.05, 3.63) is 66.0 Å². The first kappa shape index (κ1) is 42.5. The van der Waals surface area contributed by atoms with Gasteiger partial charge in [0.1, 0.15) is 26.3 Å². The molecule has 288 valence electrons. The molecular formula is C42H65N4O6+. The van der Waals surface area contributed by atoms with Gasteiger partial charge in [0.05, 0.1) is 12.1 Å². The van der Waals surface area contributed by atoms with E-state index in [-0.39, 0.29) is 31.7 Å². The van der Waals surface area contributed by atoms with Gasteiger partial charge in [0, 0.05) is 31.2 Å².